The molecule has 0 aliphatic carbocycles. The monoisotopic (exact) mass is 345 g/mol. The Morgan fingerprint density at radius 2 is 1.96 bits per heavy atom. The second-order valence-corrected chi connectivity index (χ2v) is 6.04. The summed E-state index contributed by atoms with van der Waals surface area (Å²) in [5, 5.41) is 6.00. The van der Waals surface area contributed by atoms with E-state index in [2.05, 4.69) is 20.1 Å². The third-order valence-electron chi connectivity index (χ3n) is 4.10. The Kier molecular flexibility index (Phi) is 3.89. The third kappa shape index (κ3) is 3.14. The quantitative estimate of drug-likeness (QED) is 0.572. The van der Waals surface area contributed by atoms with Crippen molar-refractivity contribution < 1.29 is 4.79 Å². The minimum Gasteiger partial charge on any atom is -0.329 e. The van der Waals surface area contributed by atoms with Gasteiger partial charge in [0.25, 0.3) is 0 Å². The number of fused-ring (bicyclic) bond motifs is 1. The maximum Gasteiger partial charge on any atom is 0.248 e. The summed E-state index contributed by atoms with van der Waals surface area (Å²) in [4.78, 5) is 35.0. The molecule has 1 N–H and O–H groups in total. The number of Topliss-reactive ketones (excluding diaryl/α,β-unsaturated/α-hetero) is 1. The van der Waals surface area contributed by atoms with Crippen LogP contribution >= 0.6 is 0 Å². The SMILES string of the molecule is Cn1cc(-c2cc3cc(CC(=O)c4cc[nH]c(=O)c4)ncc3cn2)cn1. The molecule has 0 atom stereocenters. The van der Waals surface area contributed by atoms with Gasteiger partial charge in [-0.25, -0.2) is 0 Å². The Morgan fingerprint density at radius 3 is 2.73 bits per heavy atom. The van der Waals surface area contributed by atoms with Crippen molar-refractivity contribution in [2.75, 3.05) is 0 Å². The van der Waals surface area contributed by atoms with Crippen LogP contribution in [0.25, 0.3) is 22.0 Å². The number of pyridine rings is 3. The Balaban J connectivity index is 1.66. The fourth-order valence-electron chi connectivity index (χ4n) is 2.78. The first kappa shape index (κ1) is 15.9. The molecular weight excluding hydrogens is 330 g/mol. The Labute approximate surface area is 148 Å². The molecule has 7 heteroatoms. The van der Waals surface area contributed by atoms with E-state index >= 15 is 0 Å². The highest BCUT2D eigenvalue weighted by atomic mass is 16.1. The van der Waals surface area contributed by atoms with Gasteiger partial charge in [-0.15, -0.1) is 0 Å². The molecule has 128 valence electrons. The van der Waals surface area contributed by atoms with E-state index in [0.29, 0.717) is 11.3 Å². The van der Waals surface area contributed by atoms with E-state index in [1.165, 1.54) is 12.3 Å². The molecular formula is C19H15N5O2. The largest absolute Gasteiger partial charge is 0.329 e. The number of aromatic amines is 1. The second-order valence-electron chi connectivity index (χ2n) is 6.04. The molecule has 0 aliphatic heterocycles. The van der Waals surface area contributed by atoms with E-state index in [1.807, 2.05) is 25.4 Å². The zero-order valence-electron chi connectivity index (χ0n) is 14.0. The van der Waals surface area contributed by atoms with Gasteiger partial charge >= 0.3 is 0 Å². The van der Waals surface area contributed by atoms with Crippen LogP contribution in [0.3, 0.4) is 0 Å². The van der Waals surface area contributed by atoms with Crippen molar-refractivity contribution in [2.24, 2.45) is 7.05 Å². The van der Waals surface area contributed by atoms with E-state index < -0.39 is 0 Å². The first-order valence-electron chi connectivity index (χ1n) is 8.04. The van der Waals surface area contributed by atoms with Crippen LogP contribution in [0.5, 0.6) is 0 Å². The van der Waals surface area contributed by atoms with Crippen molar-refractivity contribution in [3.63, 3.8) is 0 Å². The van der Waals surface area contributed by atoms with E-state index in [0.717, 1.165) is 22.0 Å². The summed E-state index contributed by atoms with van der Waals surface area (Å²) in [7, 11) is 1.85. The number of aromatic nitrogens is 5. The predicted molar refractivity (Wildman–Crippen MR) is 96.8 cm³/mol. The van der Waals surface area contributed by atoms with Gasteiger partial charge in [-0.2, -0.15) is 5.10 Å². The highest BCUT2D eigenvalue weighted by Gasteiger charge is 2.10. The van der Waals surface area contributed by atoms with Gasteiger partial charge in [0.15, 0.2) is 5.78 Å². The lowest BCUT2D eigenvalue weighted by Gasteiger charge is -2.04. The number of nitrogens with one attached hydrogen (secondary N) is 1. The van der Waals surface area contributed by atoms with E-state index in [9.17, 15) is 9.59 Å². The highest BCUT2D eigenvalue weighted by Crippen LogP contribution is 2.22. The van der Waals surface area contributed by atoms with Crippen LogP contribution in [0, 0.1) is 0 Å². The number of rotatable bonds is 4. The number of H-pyrrole nitrogens is 1. The molecule has 26 heavy (non-hydrogen) atoms. The fourth-order valence-corrected chi connectivity index (χ4v) is 2.78. The lowest BCUT2D eigenvalue weighted by atomic mass is 10.1. The van der Waals surface area contributed by atoms with Gasteiger partial charge in [0.1, 0.15) is 0 Å². The zero-order valence-corrected chi connectivity index (χ0v) is 14.0. The lowest BCUT2D eigenvalue weighted by molar-refractivity contribution is 0.0992. The minimum absolute atomic E-state index is 0.129. The molecule has 4 aromatic heterocycles. The van der Waals surface area contributed by atoms with Crippen molar-refractivity contribution in [3.05, 3.63) is 76.9 Å². The smallest absolute Gasteiger partial charge is 0.248 e. The summed E-state index contributed by atoms with van der Waals surface area (Å²) >= 11 is 0. The second kappa shape index (κ2) is 6.36. The number of ketones is 1. The van der Waals surface area contributed by atoms with E-state index in [4.69, 9.17) is 0 Å². The van der Waals surface area contributed by atoms with Gasteiger partial charge in [-0.1, -0.05) is 0 Å². The van der Waals surface area contributed by atoms with Crippen LogP contribution in [0.15, 0.2) is 60.0 Å². The number of carbonyl (C=O) groups is 1. The minimum atomic E-state index is -0.297. The standard InChI is InChI=1S/C19H15N5O2/c1-24-11-15(10-23-24)17-5-13-4-16(21-8-14(13)9-22-17)7-18(25)12-2-3-20-19(26)6-12/h2-6,8-11H,7H2,1H3,(H,20,26). The van der Waals surface area contributed by atoms with Crippen LogP contribution in [0.2, 0.25) is 0 Å². The van der Waals surface area contributed by atoms with Crippen LogP contribution in [-0.2, 0) is 13.5 Å². The molecule has 0 aromatic carbocycles. The molecule has 4 heterocycles. The molecule has 7 nitrogen and oxygen atoms in total. The van der Waals surface area contributed by atoms with Gasteiger partial charge in [0.05, 0.1) is 18.3 Å². The predicted octanol–water partition coefficient (Wildman–Crippen LogP) is 2.14. The molecule has 0 fully saturated rings. The van der Waals surface area contributed by atoms with Crippen LogP contribution in [0.1, 0.15) is 16.1 Å². The molecule has 0 amide bonds. The summed E-state index contributed by atoms with van der Waals surface area (Å²) in [5.41, 5.74) is 2.46. The Hall–Kier alpha value is -3.61. The maximum atomic E-state index is 12.4. The van der Waals surface area contributed by atoms with Crippen molar-refractivity contribution in [3.8, 4) is 11.3 Å². The third-order valence-corrected chi connectivity index (χ3v) is 4.10. The molecule has 0 unspecified atom stereocenters. The van der Waals surface area contributed by atoms with E-state index in [-0.39, 0.29) is 17.8 Å². The zero-order chi connectivity index (χ0) is 18.1. The fraction of sp³-hybridized carbons (Fsp3) is 0.105. The van der Waals surface area contributed by atoms with Crippen molar-refractivity contribution in [1.29, 1.82) is 0 Å². The molecule has 4 aromatic rings. The normalized spacial score (nSPS) is 11.0. The van der Waals surface area contributed by atoms with Gasteiger partial charge < -0.3 is 4.98 Å². The van der Waals surface area contributed by atoms with Crippen molar-refractivity contribution >= 4 is 16.6 Å². The number of hydrogen-bond acceptors (Lipinski definition) is 5. The van der Waals surface area contributed by atoms with Crippen molar-refractivity contribution in [2.45, 2.75) is 6.42 Å². The Bertz CT molecular complexity index is 1180. The average molecular weight is 345 g/mol. The van der Waals surface area contributed by atoms with Gasteiger partial charge in [-0.3, -0.25) is 24.2 Å². The van der Waals surface area contributed by atoms with E-state index in [1.54, 1.807) is 29.3 Å². The maximum absolute atomic E-state index is 12.4. The van der Waals surface area contributed by atoms with Gasteiger partial charge in [-0.05, 0) is 23.6 Å². The van der Waals surface area contributed by atoms with Crippen LogP contribution in [-0.4, -0.2) is 30.5 Å². The first-order chi connectivity index (χ1) is 12.6. The Morgan fingerprint density at radius 1 is 1.12 bits per heavy atom. The average Bonchev–Trinajstić information content (AvgIpc) is 3.07. The number of nitrogens with zero attached hydrogens (tertiary/aromatic N) is 4. The lowest BCUT2D eigenvalue weighted by Crippen LogP contribution is -2.11. The number of aryl methyl sites for hydroxylation is 1. The molecule has 4 rings (SSSR count). The summed E-state index contributed by atoms with van der Waals surface area (Å²) in [6.45, 7) is 0. The van der Waals surface area contributed by atoms with Gasteiger partial charge in [0, 0.05) is 60.1 Å². The van der Waals surface area contributed by atoms with Crippen LogP contribution < -0.4 is 5.56 Å². The molecule has 0 spiro atoms. The van der Waals surface area contributed by atoms with Crippen molar-refractivity contribution in [1.82, 2.24) is 24.7 Å². The number of carbonyl (C=O) groups excluding carboxylic acids is 1. The molecule has 0 aliphatic rings. The molecule has 0 radical (unpaired) electrons. The molecule has 0 bridgehead atoms. The topological polar surface area (TPSA) is 93.5 Å². The highest BCUT2D eigenvalue weighted by molar-refractivity contribution is 5.97. The summed E-state index contributed by atoms with van der Waals surface area (Å²) in [6.07, 6.45) is 8.71. The number of hydrogen-bond donors (Lipinski definition) is 1. The van der Waals surface area contributed by atoms with Gasteiger partial charge in [0.2, 0.25) is 5.56 Å². The summed E-state index contributed by atoms with van der Waals surface area (Å²) in [5.74, 6) is -0.149. The van der Waals surface area contributed by atoms with Crippen LogP contribution in [0.4, 0.5) is 0 Å². The first-order valence-corrected chi connectivity index (χ1v) is 8.04. The molecule has 0 saturated heterocycles. The molecule has 0 saturated carbocycles. The summed E-state index contributed by atoms with van der Waals surface area (Å²) < 4.78 is 1.72. The summed E-state index contributed by atoms with van der Waals surface area (Å²) in [6, 6.07) is 6.72.